The van der Waals surface area contributed by atoms with Crippen LogP contribution >= 0.6 is 0 Å². The average molecular weight is 234 g/mol. The van der Waals surface area contributed by atoms with Crippen LogP contribution in [-0.2, 0) is 11.3 Å². The van der Waals surface area contributed by atoms with Gasteiger partial charge >= 0.3 is 6.09 Å². The first-order valence-electron chi connectivity index (χ1n) is 5.89. The second kappa shape index (κ2) is 5.19. The Morgan fingerprint density at radius 2 is 2.18 bits per heavy atom. The summed E-state index contributed by atoms with van der Waals surface area (Å²) >= 11 is 0. The van der Waals surface area contributed by atoms with Gasteiger partial charge in [-0.05, 0) is 18.9 Å². The molecule has 0 unspecified atom stereocenters. The van der Waals surface area contributed by atoms with E-state index in [2.05, 4.69) is 0 Å². The maximum absolute atomic E-state index is 11.8. The van der Waals surface area contributed by atoms with E-state index in [4.69, 9.17) is 10.5 Å². The quantitative estimate of drug-likeness (QED) is 0.848. The van der Waals surface area contributed by atoms with E-state index in [1.165, 1.54) is 0 Å². The summed E-state index contributed by atoms with van der Waals surface area (Å²) in [6.45, 7) is 2.91. The van der Waals surface area contributed by atoms with Crippen molar-refractivity contribution in [3.8, 4) is 0 Å². The molecule has 1 aliphatic rings. The molecule has 1 fully saturated rings. The number of nitrogens with two attached hydrogens (primary N) is 1. The van der Waals surface area contributed by atoms with Crippen molar-refractivity contribution in [1.29, 1.82) is 0 Å². The first-order valence-corrected chi connectivity index (χ1v) is 5.89. The van der Waals surface area contributed by atoms with Gasteiger partial charge in [0.25, 0.3) is 0 Å². The lowest BCUT2D eigenvalue weighted by Gasteiger charge is -2.20. The molecule has 0 aliphatic carbocycles. The molecule has 0 aromatic heterocycles. The fourth-order valence-electron chi connectivity index (χ4n) is 2.13. The van der Waals surface area contributed by atoms with Crippen molar-refractivity contribution in [1.82, 2.24) is 4.90 Å². The van der Waals surface area contributed by atoms with Gasteiger partial charge in [0.2, 0.25) is 0 Å². The molecule has 0 saturated carbocycles. The molecule has 0 spiro atoms. The minimum Gasteiger partial charge on any atom is -0.445 e. The average Bonchev–Trinajstić information content (AvgIpc) is 2.67. The van der Waals surface area contributed by atoms with E-state index in [0.29, 0.717) is 13.2 Å². The first-order chi connectivity index (χ1) is 8.16. The molecule has 4 heteroatoms. The van der Waals surface area contributed by atoms with Crippen LogP contribution in [0, 0.1) is 0 Å². The molecule has 1 aliphatic heterocycles. The number of nitrogens with zero attached hydrogens (tertiary/aromatic N) is 1. The number of ether oxygens (including phenoxy) is 1. The van der Waals surface area contributed by atoms with Gasteiger partial charge in [0.15, 0.2) is 0 Å². The van der Waals surface area contributed by atoms with Gasteiger partial charge in [0.05, 0.1) is 0 Å². The molecule has 0 radical (unpaired) electrons. The largest absolute Gasteiger partial charge is 0.445 e. The standard InChI is InChI=1S/C13H18N2O2/c1-10-7-12(14)8-15(10)13(16)17-9-11-5-3-2-4-6-11/h2-6,10,12H,7-9,14H2,1H3/t10-,12-/m1/s1. The molecule has 0 bridgehead atoms. The molecule has 2 atom stereocenters. The Bertz CT molecular complexity index is 380. The number of benzene rings is 1. The highest BCUT2D eigenvalue weighted by Crippen LogP contribution is 2.17. The van der Waals surface area contributed by atoms with Crippen molar-refractivity contribution < 1.29 is 9.53 Å². The molecule has 2 rings (SSSR count). The van der Waals surface area contributed by atoms with E-state index < -0.39 is 0 Å². The molecule has 1 aromatic carbocycles. The smallest absolute Gasteiger partial charge is 0.410 e. The second-order valence-corrected chi connectivity index (χ2v) is 4.54. The zero-order valence-electron chi connectivity index (χ0n) is 10.0. The van der Waals surface area contributed by atoms with Crippen LogP contribution in [0.2, 0.25) is 0 Å². The van der Waals surface area contributed by atoms with Crippen molar-refractivity contribution in [2.75, 3.05) is 6.54 Å². The van der Waals surface area contributed by atoms with Crippen LogP contribution in [-0.4, -0.2) is 29.6 Å². The number of amides is 1. The van der Waals surface area contributed by atoms with E-state index in [1.54, 1.807) is 4.90 Å². The molecule has 1 heterocycles. The number of hydrogen-bond acceptors (Lipinski definition) is 3. The Hall–Kier alpha value is -1.55. The van der Waals surface area contributed by atoms with Crippen molar-refractivity contribution in [3.05, 3.63) is 35.9 Å². The van der Waals surface area contributed by atoms with Gasteiger partial charge in [0.1, 0.15) is 6.61 Å². The molecule has 1 saturated heterocycles. The Morgan fingerprint density at radius 1 is 1.47 bits per heavy atom. The molecule has 1 amide bonds. The first kappa shape index (κ1) is 11.9. The lowest BCUT2D eigenvalue weighted by atomic mass is 10.2. The second-order valence-electron chi connectivity index (χ2n) is 4.54. The van der Waals surface area contributed by atoms with Crippen LogP contribution in [0.5, 0.6) is 0 Å². The summed E-state index contributed by atoms with van der Waals surface area (Å²) < 4.78 is 5.26. The van der Waals surface area contributed by atoms with Crippen LogP contribution in [0.15, 0.2) is 30.3 Å². The van der Waals surface area contributed by atoms with Crippen LogP contribution < -0.4 is 5.73 Å². The highest BCUT2D eigenvalue weighted by Gasteiger charge is 2.31. The Morgan fingerprint density at radius 3 is 2.76 bits per heavy atom. The van der Waals surface area contributed by atoms with Gasteiger partial charge in [-0.15, -0.1) is 0 Å². The monoisotopic (exact) mass is 234 g/mol. The van der Waals surface area contributed by atoms with E-state index in [-0.39, 0.29) is 18.2 Å². The summed E-state index contributed by atoms with van der Waals surface area (Å²) in [6.07, 6.45) is 0.578. The van der Waals surface area contributed by atoms with Crippen LogP contribution in [0.25, 0.3) is 0 Å². The van der Waals surface area contributed by atoms with E-state index >= 15 is 0 Å². The minimum absolute atomic E-state index is 0.0780. The Labute approximate surface area is 101 Å². The summed E-state index contributed by atoms with van der Waals surface area (Å²) in [4.78, 5) is 13.5. The summed E-state index contributed by atoms with van der Waals surface area (Å²) in [5.74, 6) is 0. The maximum atomic E-state index is 11.8. The van der Waals surface area contributed by atoms with Gasteiger partial charge in [-0.2, -0.15) is 0 Å². The molecule has 4 nitrogen and oxygen atoms in total. The van der Waals surface area contributed by atoms with Gasteiger partial charge in [-0.25, -0.2) is 4.79 Å². The Balaban J connectivity index is 1.86. The van der Waals surface area contributed by atoms with Gasteiger partial charge in [-0.1, -0.05) is 30.3 Å². The molecule has 92 valence electrons. The number of likely N-dealkylation sites (tertiary alicyclic amines) is 1. The molecular formula is C13H18N2O2. The van der Waals surface area contributed by atoms with Crippen LogP contribution in [0.4, 0.5) is 4.79 Å². The third-order valence-electron chi connectivity index (χ3n) is 3.05. The normalized spacial score (nSPS) is 23.8. The van der Waals surface area contributed by atoms with Crippen molar-refractivity contribution in [3.63, 3.8) is 0 Å². The highest BCUT2D eigenvalue weighted by molar-refractivity contribution is 5.68. The number of carbonyl (C=O) groups excluding carboxylic acids is 1. The van der Waals surface area contributed by atoms with E-state index in [1.807, 2.05) is 37.3 Å². The molecular weight excluding hydrogens is 216 g/mol. The summed E-state index contributed by atoms with van der Waals surface area (Å²) in [5.41, 5.74) is 6.81. The summed E-state index contributed by atoms with van der Waals surface area (Å²) in [6, 6.07) is 9.92. The number of rotatable bonds is 2. The third kappa shape index (κ3) is 2.97. The van der Waals surface area contributed by atoms with Crippen molar-refractivity contribution >= 4 is 6.09 Å². The minimum atomic E-state index is -0.269. The number of carbonyl (C=O) groups is 1. The SMILES string of the molecule is C[C@@H]1C[C@@H](N)CN1C(=O)OCc1ccccc1. The predicted octanol–water partition coefficient (Wildman–Crippen LogP) is 1.74. The Kier molecular flexibility index (Phi) is 3.64. The van der Waals surface area contributed by atoms with Crippen LogP contribution in [0.1, 0.15) is 18.9 Å². The number of hydrogen-bond donors (Lipinski definition) is 1. The molecule has 1 aromatic rings. The van der Waals surface area contributed by atoms with Crippen LogP contribution in [0.3, 0.4) is 0 Å². The van der Waals surface area contributed by atoms with E-state index in [9.17, 15) is 4.79 Å². The van der Waals surface area contributed by atoms with Crippen molar-refractivity contribution in [2.45, 2.75) is 32.0 Å². The fraction of sp³-hybridized carbons (Fsp3) is 0.462. The molecule has 17 heavy (non-hydrogen) atoms. The highest BCUT2D eigenvalue weighted by atomic mass is 16.6. The van der Waals surface area contributed by atoms with Crippen molar-refractivity contribution in [2.24, 2.45) is 5.73 Å². The lowest BCUT2D eigenvalue weighted by Crippen LogP contribution is -2.35. The topological polar surface area (TPSA) is 55.6 Å². The maximum Gasteiger partial charge on any atom is 0.410 e. The van der Waals surface area contributed by atoms with E-state index in [0.717, 1.165) is 12.0 Å². The zero-order valence-corrected chi connectivity index (χ0v) is 10.0. The fourth-order valence-corrected chi connectivity index (χ4v) is 2.13. The van der Waals surface area contributed by atoms with Gasteiger partial charge in [-0.3, -0.25) is 0 Å². The zero-order chi connectivity index (χ0) is 12.3. The molecule has 2 N–H and O–H groups in total. The third-order valence-corrected chi connectivity index (χ3v) is 3.05. The lowest BCUT2D eigenvalue weighted by molar-refractivity contribution is 0.0941. The van der Waals surface area contributed by atoms with Gasteiger partial charge in [0, 0.05) is 18.6 Å². The summed E-state index contributed by atoms with van der Waals surface area (Å²) in [7, 11) is 0. The summed E-state index contributed by atoms with van der Waals surface area (Å²) in [5, 5.41) is 0. The predicted molar refractivity (Wildman–Crippen MR) is 65.4 cm³/mol. The van der Waals surface area contributed by atoms with Gasteiger partial charge < -0.3 is 15.4 Å².